The highest BCUT2D eigenvalue weighted by atomic mass is 15.2. The molecule has 4 heteroatoms. The molecule has 0 aliphatic heterocycles. The summed E-state index contributed by atoms with van der Waals surface area (Å²) < 4.78 is 4.71. The van der Waals surface area contributed by atoms with Gasteiger partial charge in [0.2, 0.25) is 5.95 Å². The molecule has 0 bridgehead atoms. The van der Waals surface area contributed by atoms with E-state index in [1.807, 2.05) is 0 Å². The van der Waals surface area contributed by atoms with Crippen molar-refractivity contribution >= 4 is 71.0 Å². The van der Waals surface area contributed by atoms with E-state index in [1.165, 1.54) is 60.4 Å². The van der Waals surface area contributed by atoms with Crippen molar-refractivity contribution in [2.45, 2.75) is 12.8 Å². The molecule has 3 aromatic heterocycles. The average molecular weight is 767 g/mol. The predicted molar refractivity (Wildman–Crippen MR) is 252 cm³/mol. The van der Waals surface area contributed by atoms with Gasteiger partial charge in [-0.15, -0.1) is 0 Å². The van der Waals surface area contributed by atoms with Crippen LogP contribution < -0.4 is 0 Å². The van der Waals surface area contributed by atoms with Crippen molar-refractivity contribution in [3.63, 3.8) is 0 Å². The van der Waals surface area contributed by atoms with E-state index in [4.69, 9.17) is 9.97 Å². The molecule has 0 amide bonds. The summed E-state index contributed by atoms with van der Waals surface area (Å²) in [5.74, 6) is 0.650. The summed E-state index contributed by atoms with van der Waals surface area (Å²) in [6.07, 6.45) is 13.4. The molecular weight excluding hydrogens is 729 g/mol. The number of benzene rings is 8. The molecule has 12 rings (SSSR count). The highest BCUT2D eigenvalue weighted by molar-refractivity contribution is 6.23. The SMILES string of the molecule is C1=C/CC/C=C/C(n2c3ccccc3c3cc(-c4ccc5c6ccccc6n(-c6nc(-c7ccc(-c8ccccc8)cc7)c7ccccc7n6)c5c4)c4ccccc4c32)=C\1. The first-order chi connectivity index (χ1) is 29.8. The minimum absolute atomic E-state index is 0.650. The standard InChI is InChI=1S/C56H38N4/c1-2-7-19-41(20-8-3-1)59-51-27-15-13-23-44(51)49-36-48(42-21-9-10-24-46(42)55(49)59)40-33-34-45-43-22-12-16-28-52(43)60(53(45)35-40)56-57-50-26-14-11-25-47(50)54(58-56)39-31-29-38(30-32-39)37-17-5-4-6-18-37/h2,4-36H,1,3H2/b7-2-,20-8+,41-19+. The Morgan fingerprint density at radius 3 is 1.82 bits per heavy atom. The van der Waals surface area contributed by atoms with E-state index in [0.29, 0.717) is 5.95 Å². The Balaban J connectivity index is 1.09. The van der Waals surface area contributed by atoms with Crippen LogP contribution in [0, 0.1) is 0 Å². The first-order valence-corrected chi connectivity index (χ1v) is 20.7. The van der Waals surface area contributed by atoms with Crippen molar-refractivity contribution in [3.05, 3.63) is 206 Å². The summed E-state index contributed by atoms with van der Waals surface area (Å²) in [5.41, 5.74) is 13.3. The lowest BCUT2D eigenvalue weighted by Crippen LogP contribution is -2.03. The predicted octanol–water partition coefficient (Wildman–Crippen LogP) is 14.7. The van der Waals surface area contributed by atoms with Gasteiger partial charge in [-0.1, -0.05) is 164 Å². The normalized spacial score (nSPS) is 15.1. The van der Waals surface area contributed by atoms with Gasteiger partial charge in [0, 0.05) is 43.6 Å². The van der Waals surface area contributed by atoms with Crippen molar-refractivity contribution in [3.8, 4) is 39.5 Å². The van der Waals surface area contributed by atoms with Gasteiger partial charge < -0.3 is 4.57 Å². The molecule has 0 fully saturated rings. The minimum atomic E-state index is 0.650. The van der Waals surface area contributed by atoms with Gasteiger partial charge in [-0.05, 0) is 83.0 Å². The Kier molecular flexibility index (Phi) is 7.95. The first kappa shape index (κ1) is 34.2. The van der Waals surface area contributed by atoms with Crippen LogP contribution in [0.15, 0.2) is 206 Å². The molecule has 1 aliphatic carbocycles. The quantitative estimate of drug-likeness (QED) is 0.175. The van der Waals surface area contributed by atoms with Gasteiger partial charge in [0.25, 0.3) is 0 Å². The molecule has 4 nitrogen and oxygen atoms in total. The zero-order valence-corrected chi connectivity index (χ0v) is 32.8. The lowest BCUT2D eigenvalue weighted by Gasteiger charge is -2.14. The van der Waals surface area contributed by atoms with Gasteiger partial charge in [0.1, 0.15) is 0 Å². The molecule has 0 N–H and O–H groups in total. The molecule has 0 saturated heterocycles. The Hall–Kier alpha value is -7.82. The second-order valence-electron chi connectivity index (χ2n) is 15.6. The molecule has 0 saturated carbocycles. The fraction of sp³-hybridized carbons (Fsp3) is 0.0357. The van der Waals surface area contributed by atoms with Gasteiger partial charge in [-0.3, -0.25) is 4.57 Å². The summed E-state index contributed by atoms with van der Waals surface area (Å²) in [4.78, 5) is 10.7. The minimum Gasteiger partial charge on any atom is -0.309 e. The number of fused-ring (bicyclic) bond motifs is 9. The molecular formula is C56H38N4. The second kappa shape index (κ2) is 13.9. The van der Waals surface area contributed by atoms with E-state index in [2.05, 4.69) is 215 Å². The van der Waals surface area contributed by atoms with E-state index >= 15 is 0 Å². The summed E-state index contributed by atoms with van der Waals surface area (Å²) in [7, 11) is 0. The largest absolute Gasteiger partial charge is 0.309 e. The maximum atomic E-state index is 5.44. The third-order valence-corrected chi connectivity index (χ3v) is 12.2. The van der Waals surface area contributed by atoms with Crippen LogP contribution in [-0.2, 0) is 0 Å². The first-order valence-electron chi connectivity index (χ1n) is 20.7. The molecule has 1 aliphatic rings. The van der Waals surface area contributed by atoms with Crippen LogP contribution in [0.1, 0.15) is 12.8 Å². The smallest absolute Gasteiger partial charge is 0.235 e. The number of rotatable bonds is 5. The van der Waals surface area contributed by atoms with Crippen molar-refractivity contribution in [1.82, 2.24) is 19.1 Å². The number of nitrogens with zero attached hydrogens (tertiary/aromatic N) is 4. The molecule has 0 radical (unpaired) electrons. The summed E-state index contributed by atoms with van der Waals surface area (Å²) in [6, 6.07) is 63.3. The zero-order valence-electron chi connectivity index (χ0n) is 32.8. The molecule has 11 aromatic rings. The van der Waals surface area contributed by atoms with Crippen LogP contribution in [0.3, 0.4) is 0 Å². The van der Waals surface area contributed by atoms with Crippen LogP contribution in [0.25, 0.3) is 110 Å². The molecule has 0 atom stereocenters. The highest BCUT2D eigenvalue weighted by Gasteiger charge is 2.21. The summed E-state index contributed by atoms with van der Waals surface area (Å²) in [6.45, 7) is 0. The number of hydrogen-bond donors (Lipinski definition) is 0. The number of para-hydroxylation sites is 3. The zero-order chi connectivity index (χ0) is 39.6. The lowest BCUT2D eigenvalue weighted by molar-refractivity contribution is 1.01. The van der Waals surface area contributed by atoms with Gasteiger partial charge in [-0.25, -0.2) is 9.97 Å². The Morgan fingerprint density at radius 2 is 1.00 bits per heavy atom. The third-order valence-electron chi connectivity index (χ3n) is 12.2. The fourth-order valence-electron chi connectivity index (χ4n) is 9.38. The lowest BCUT2D eigenvalue weighted by atomic mass is 9.94. The van der Waals surface area contributed by atoms with E-state index in [0.717, 1.165) is 57.0 Å². The molecule has 60 heavy (non-hydrogen) atoms. The molecule has 0 spiro atoms. The number of hydrogen-bond acceptors (Lipinski definition) is 2. The van der Waals surface area contributed by atoms with Crippen LogP contribution >= 0.6 is 0 Å². The molecule has 0 unspecified atom stereocenters. The van der Waals surface area contributed by atoms with Crippen LogP contribution in [0.4, 0.5) is 0 Å². The highest BCUT2D eigenvalue weighted by Crippen LogP contribution is 2.43. The number of allylic oxidation sites excluding steroid dienone is 6. The van der Waals surface area contributed by atoms with Crippen molar-refractivity contribution in [1.29, 1.82) is 0 Å². The summed E-state index contributed by atoms with van der Waals surface area (Å²) >= 11 is 0. The topological polar surface area (TPSA) is 35.6 Å². The maximum absolute atomic E-state index is 5.44. The molecule has 8 aromatic carbocycles. The molecule has 3 heterocycles. The van der Waals surface area contributed by atoms with Crippen molar-refractivity contribution < 1.29 is 0 Å². The van der Waals surface area contributed by atoms with Crippen molar-refractivity contribution in [2.24, 2.45) is 0 Å². The van der Waals surface area contributed by atoms with Crippen molar-refractivity contribution in [2.75, 3.05) is 0 Å². The van der Waals surface area contributed by atoms with E-state index < -0.39 is 0 Å². The monoisotopic (exact) mass is 766 g/mol. The van der Waals surface area contributed by atoms with E-state index in [9.17, 15) is 0 Å². The molecule has 282 valence electrons. The summed E-state index contributed by atoms with van der Waals surface area (Å²) in [5, 5.41) is 8.27. The average Bonchev–Trinajstić information content (AvgIpc) is 3.81. The Labute approximate surface area is 347 Å². The van der Waals surface area contributed by atoms with Gasteiger partial charge >= 0.3 is 0 Å². The van der Waals surface area contributed by atoms with E-state index in [-0.39, 0.29) is 0 Å². The number of aromatic nitrogens is 4. The van der Waals surface area contributed by atoms with E-state index in [1.54, 1.807) is 0 Å². The third kappa shape index (κ3) is 5.45. The second-order valence-corrected chi connectivity index (χ2v) is 15.6. The van der Waals surface area contributed by atoms with Crippen LogP contribution in [0.5, 0.6) is 0 Å². The Morgan fingerprint density at radius 1 is 0.400 bits per heavy atom. The fourth-order valence-corrected chi connectivity index (χ4v) is 9.38. The van der Waals surface area contributed by atoms with Gasteiger partial charge in [0.05, 0.1) is 33.3 Å². The van der Waals surface area contributed by atoms with Crippen LogP contribution in [0.2, 0.25) is 0 Å². The van der Waals surface area contributed by atoms with Gasteiger partial charge in [-0.2, -0.15) is 0 Å². The maximum Gasteiger partial charge on any atom is 0.235 e. The Bertz CT molecular complexity index is 3580. The van der Waals surface area contributed by atoms with Gasteiger partial charge in [0.15, 0.2) is 0 Å². The van der Waals surface area contributed by atoms with Crippen LogP contribution in [-0.4, -0.2) is 19.1 Å².